The van der Waals surface area contributed by atoms with Crippen molar-refractivity contribution in [3.8, 4) is 0 Å². The smallest absolute Gasteiger partial charge is 0.0693 e. The highest BCUT2D eigenvalue weighted by Gasteiger charge is 2.12. The first-order chi connectivity index (χ1) is 5.69. The van der Waals surface area contributed by atoms with Gasteiger partial charge in [0.05, 0.1) is 12.3 Å². The van der Waals surface area contributed by atoms with Gasteiger partial charge in [0.1, 0.15) is 0 Å². The molecule has 3 N–H and O–H groups in total. The van der Waals surface area contributed by atoms with E-state index in [1.165, 1.54) is 0 Å². The summed E-state index contributed by atoms with van der Waals surface area (Å²) in [6, 6.07) is 1.95. The molecule has 0 aromatic carbocycles. The Morgan fingerprint density at radius 1 is 1.75 bits per heavy atom. The SMILES string of the molecule is Cc1cc(C(CN)CO)nn1C. The molecular formula is C8H15N3O. The predicted octanol–water partition coefficient (Wildman–Crippen LogP) is -0.237. The van der Waals surface area contributed by atoms with Crippen LogP contribution in [0, 0.1) is 6.92 Å². The van der Waals surface area contributed by atoms with Gasteiger partial charge in [0.15, 0.2) is 0 Å². The maximum absolute atomic E-state index is 8.95. The second-order valence-corrected chi connectivity index (χ2v) is 2.95. The van der Waals surface area contributed by atoms with E-state index >= 15 is 0 Å². The van der Waals surface area contributed by atoms with Crippen LogP contribution in [0.25, 0.3) is 0 Å². The van der Waals surface area contributed by atoms with E-state index in [9.17, 15) is 0 Å². The number of hydrogen-bond acceptors (Lipinski definition) is 3. The van der Waals surface area contributed by atoms with Crippen molar-refractivity contribution in [3.05, 3.63) is 17.5 Å². The van der Waals surface area contributed by atoms with E-state index in [1.807, 2.05) is 20.0 Å². The fourth-order valence-corrected chi connectivity index (χ4v) is 1.08. The van der Waals surface area contributed by atoms with Crippen molar-refractivity contribution in [3.63, 3.8) is 0 Å². The van der Waals surface area contributed by atoms with E-state index in [1.54, 1.807) is 4.68 Å². The van der Waals surface area contributed by atoms with Crippen LogP contribution in [0.2, 0.25) is 0 Å². The van der Waals surface area contributed by atoms with Crippen LogP contribution in [-0.2, 0) is 7.05 Å². The molecule has 12 heavy (non-hydrogen) atoms. The van der Waals surface area contributed by atoms with Crippen molar-refractivity contribution < 1.29 is 5.11 Å². The maximum atomic E-state index is 8.95. The molecule has 1 atom stereocenters. The molecule has 0 saturated carbocycles. The minimum atomic E-state index is -0.0232. The zero-order chi connectivity index (χ0) is 9.14. The highest BCUT2D eigenvalue weighted by atomic mass is 16.3. The van der Waals surface area contributed by atoms with Crippen molar-refractivity contribution >= 4 is 0 Å². The van der Waals surface area contributed by atoms with Crippen LogP contribution in [0.5, 0.6) is 0 Å². The Morgan fingerprint density at radius 3 is 2.75 bits per heavy atom. The molecule has 0 fully saturated rings. The molecule has 0 bridgehead atoms. The summed E-state index contributed by atoms with van der Waals surface area (Å²) < 4.78 is 1.79. The number of aromatic nitrogens is 2. The minimum absolute atomic E-state index is 0.0232. The molecule has 0 radical (unpaired) electrons. The first kappa shape index (κ1) is 9.22. The lowest BCUT2D eigenvalue weighted by atomic mass is 10.1. The Morgan fingerprint density at radius 2 is 2.42 bits per heavy atom. The third kappa shape index (κ3) is 1.65. The van der Waals surface area contributed by atoms with Crippen LogP contribution >= 0.6 is 0 Å². The molecule has 4 heteroatoms. The third-order valence-corrected chi connectivity index (χ3v) is 2.06. The summed E-state index contributed by atoms with van der Waals surface area (Å²) in [5.74, 6) is -0.0232. The van der Waals surface area contributed by atoms with E-state index < -0.39 is 0 Å². The summed E-state index contributed by atoms with van der Waals surface area (Å²) in [5.41, 5.74) is 7.42. The monoisotopic (exact) mass is 169 g/mol. The highest BCUT2D eigenvalue weighted by molar-refractivity contribution is 5.13. The standard InChI is InChI=1S/C8H15N3O/c1-6-3-8(10-11(6)2)7(4-9)5-12/h3,7,12H,4-5,9H2,1-2H3. The Labute approximate surface area is 72.0 Å². The van der Waals surface area contributed by atoms with Gasteiger partial charge in [0.2, 0.25) is 0 Å². The Bertz CT molecular complexity index is 233. The molecule has 1 unspecified atom stereocenters. The molecule has 0 saturated heterocycles. The van der Waals surface area contributed by atoms with Gasteiger partial charge >= 0.3 is 0 Å². The zero-order valence-corrected chi connectivity index (χ0v) is 7.49. The van der Waals surface area contributed by atoms with Gasteiger partial charge in [-0.1, -0.05) is 0 Å². The van der Waals surface area contributed by atoms with E-state index in [2.05, 4.69) is 5.10 Å². The lowest BCUT2D eigenvalue weighted by Gasteiger charge is -2.06. The normalized spacial score (nSPS) is 13.3. The van der Waals surface area contributed by atoms with Crippen molar-refractivity contribution in [2.45, 2.75) is 12.8 Å². The largest absolute Gasteiger partial charge is 0.396 e. The lowest BCUT2D eigenvalue weighted by Crippen LogP contribution is -2.16. The van der Waals surface area contributed by atoms with Crippen molar-refractivity contribution in [2.24, 2.45) is 12.8 Å². The summed E-state index contributed by atoms with van der Waals surface area (Å²) in [6.07, 6.45) is 0. The predicted molar refractivity (Wildman–Crippen MR) is 46.8 cm³/mol. The number of aliphatic hydroxyl groups is 1. The molecule has 1 aromatic heterocycles. The van der Waals surface area contributed by atoms with Crippen LogP contribution in [0.3, 0.4) is 0 Å². The number of aliphatic hydroxyl groups excluding tert-OH is 1. The molecule has 1 aromatic rings. The highest BCUT2D eigenvalue weighted by Crippen LogP contribution is 2.12. The number of nitrogens with zero attached hydrogens (tertiary/aromatic N) is 2. The quantitative estimate of drug-likeness (QED) is 0.656. The molecule has 68 valence electrons. The Hall–Kier alpha value is -0.870. The number of hydrogen-bond donors (Lipinski definition) is 2. The van der Waals surface area contributed by atoms with E-state index in [0.29, 0.717) is 6.54 Å². The summed E-state index contributed by atoms with van der Waals surface area (Å²) in [6.45, 7) is 2.47. The lowest BCUT2D eigenvalue weighted by molar-refractivity contribution is 0.265. The first-order valence-corrected chi connectivity index (χ1v) is 4.00. The minimum Gasteiger partial charge on any atom is -0.396 e. The number of aryl methyl sites for hydroxylation is 2. The van der Waals surface area contributed by atoms with Crippen LogP contribution < -0.4 is 5.73 Å². The number of nitrogens with two attached hydrogens (primary N) is 1. The second kappa shape index (κ2) is 3.69. The molecule has 4 nitrogen and oxygen atoms in total. The summed E-state index contributed by atoms with van der Waals surface area (Å²) in [5, 5.41) is 13.2. The van der Waals surface area contributed by atoms with Gasteiger partial charge < -0.3 is 10.8 Å². The van der Waals surface area contributed by atoms with Gasteiger partial charge in [0.25, 0.3) is 0 Å². The molecule has 1 rings (SSSR count). The summed E-state index contributed by atoms with van der Waals surface area (Å²) >= 11 is 0. The van der Waals surface area contributed by atoms with Crippen molar-refractivity contribution in [1.82, 2.24) is 9.78 Å². The van der Waals surface area contributed by atoms with Gasteiger partial charge in [-0.15, -0.1) is 0 Å². The van der Waals surface area contributed by atoms with Crippen LogP contribution in [0.4, 0.5) is 0 Å². The van der Waals surface area contributed by atoms with Crippen molar-refractivity contribution in [1.29, 1.82) is 0 Å². The van der Waals surface area contributed by atoms with E-state index in [-0.39, 0.29) is 12.5 Å². The van der Waals surface area contributed by atoms with Crippen LogP contribution in [-0.4, -0.2) is 28.0 Å². The zero-order valence-electron chi connectivity index (χ0n) is 7.49. The third-order valence-electron chi connectivity index (χ3n) is 2.06. The Kier molecular flexibility index (Phi) is 2.83. The van der Waals surface area contributed by atoms with Crippen LogP contribution in [0.15, 0.2) is 6.07 Å². The summed E-state index contributed by atoms with van der Waals surface area (Å²) in [4.78, 5) is 0. The first-order valence-electron chi connectivity index (χ1n) is 4.00. The van der Waals surface area contributed by atoms with Crippen molar-refractivity contribution in [2.75, 3.05) is 13.2 Å². The maximum Gasteiger partial charge on any atom is 0.0693 e. The topological polar surface area (TPSA) is 64.1 Å². The van der Waals surface area contributed by atoms with Gasteiger partial charge in [0, 0.05) is 25.2 Å². The number of rotatable bonds is 3. The Balaban J connectivity index is 2.86. The molecule has 0 spiro atoms. The fraction of sp³-hybridized carbons (Fsp3) is 0.625. The second-order valence-electron chi connectivity index (χ2n) is 2.95. The average Bonchev–Trinajstić information content (AvgIpc) is 2.35. The van der Waals surface area contributed by atoms with Gasteiger partial charge in [-0.3, -0.25) is 4.68 Å². The fourth-order valence-electron chi connectivity index (χ4n) is 1.08. The molecular weight excluding hydrogens is 154 g/mol. The van der Waals surface area contributed by atoms with Gasteiger partial charge in [-0.25, -0.2) is 0 Å². The molecule has 0 aliphatic heterocycles. The molecule has 0 aliphatic carbocycles. The molecule has 0 aliphatic rings. The molecule has 0 amide bonds. The van der Waals surface area contributed by atoms with E-state index in [4.69, 9.17) is 10.8 Å². The van der Waals surface area contributed by atoms with Gasteiger partial charge in [-0.2, -0.15) is 5.10 Å². The average molecular weight is 169 g/mol. The van der Waals surface area contributed by atoms with E-state index in [0.717, 1.165) is 11.4 Å². The van der Waals surface area contributed by atoms with Crippen LogP contribution in [0.1, 0.15) is 17.3 Å². The molecule has 1 heterocycles. The van der Waals surface area contributed by atoms with Gasteiger partial charge in [-0.05, 0) is 13.0 Å². The summed E-state index contributed by atoms with van der Waals surface area (Å²) in [7, 11) is 1.88.